The number of nitrogens with one attached hydrogen (secondary N) is 1. The van der Waals surface area contributed by atoms with Crippen molar-refractivity contribution in [3.05, 3.63) is 36.4 Å². The van der Waals surface area contributed by atoms with Crippen molar-refractivity contribution in [1.82, 2.24) is 18.0 Å². The van der Waals surface area contributed by atoms with Crippen molar-refractivity contribution < 1.29 is 17.9 Å². The van der Waals surface area contributed by atoms with E-state index in [0.29, 0.717) is 21.9 Å². The van der Waals surface area contributed by atoms with Gasteiger partial charge >= 0.3 is 0 Å². The van der Waals surface area contributed by atoms with Gasteiger partial charge in [-0.05, 0) is 30.3 Å². The second-order valence-electron chi connectivity index (χ2n) is 6.05. The summed E-state index contributed by atoms with van der Waals surface area (Å²) < 4.78 is 40.9. The van der Waals surface area contributed by atoms with E-state index in [0.717, 1.165) is 26.3 Å². The van der Waals surface area contributed by atoms with Crippen LogP contribution in [0.3, 0.4) is 0 Å². The molecule has 2 heterocycles. The van der Waals surface area contributed by atoms with Crippen LogP contribution in [0.25, 0.3) is 21.3 Å². The summed E-state index contributed by atoms with van der Waals surface area (Å²) in [6.07, 6.45) is 0. The van der Waals surface area contributed by atoms with Crippen molar-refractivity contribution in [3.8, 4) is 5.75 Å². The van der Waals surface area contributed by atoms with E-state index in [-0.39, 0.29) is 11.4 Å². The first-order valence-electron chi connectivity index (χ1n) is 8.30. The number of thiazole rings is 1. The number of hydrogen-bond donors (Lipinski definition) is 1. The lowest BCUT2D eigenvalue weighted by atomic mass is 10.3. The van der Waals surface area contributed by atoms with Crippen LogP contribution in [0, 0.1) is 0 Å². The van der Waals surface area contributed by atoms with Gasteiger partial charge in [0.2, 0.25) is 15.9 Å². The minimum absolute atomic E-state index is 0.0196. The lowest BCUT2D eigenvalue weighted by Gasteiger charge is -2.16. The van der Waals surface area contributed by atoms with Gasteiger partial charge in [0, 0.05) is 7.05 Å². The quantitative estimate of drug-likeness (QED) is 0.481. The molecule has 0 unspecified atom stereocenters. The molecule has 1 amide bonds. The topological polar surface area (TPSA) is 114 Å². The maximum atomic E-state index is 12.9. The summed E-state index contributed by atoms with van der Waals surface area (Å²) in [6, 6.07) is 10.1. The highest BCUT2D eigenvalue weighted by Crippen LogP contribution is 2.29. The summed E-state index contributed by atoms with van der Waals surface area (Å²) in [5.74, 6) is 0.196. The van der Waals surface area contributed by atoms with E-state index in [1.165, 1.54) is 24.5 Å². The summed E-state index contributed by atoms with van der Waals surface area (Å²) in [6.45, 7) is -0.366. The molecule has 9 nitrogen and oxygen atoms in total. The lowest BCUT2D eigenvalue weighted by Crippen LogP contribution is -2.35. The molecule has 4 rings (SSSR count). The molecular weight excluding hydrogens is 434 g/mol. The average molecular weight is 450 g/mol. The summed E-state index contributed by atoms with van der Waals surface area (Å²) in [5.41, 5.74) is 1.51. The molecule has 0 fully saturated rings. The lowest BCUT2D eigenvalue weighted by molar-refractivity contribution is -0.116. The van der Waals surface area contributed by atoms with Gasteiger partial charge in [-0.15, -0.1) is 0 Å². The molecule has 0 radical (unpaired) electrons. The molecule has 0 spiro atoms. The number of aromatic nitrogens is 3. The second kappa shape index (κ2) is 7.63. The van der Waals surface area contributed by atoms with Gasteiger partial charge in [0.15, 0.2) is 5.13 Å². The van der Waals surface area contributed by atoms with Gasteiger partial charge in [-0.25, -0.2) is 13.4 Å². The molecule has 0 bridgehead atoms. The number of likely N-dealkylation sites (N-methyl/N-ethyl adjacent to an activating group) is 1. The van der Waals surface area contributed by atoms with Crippen LogP contribution in [-0.2, 0) is 14.8 Å². The van der Waals surface area contributed by atoms with Gasteiger partial charge in [0.1, 0.15) is 21.7 Å². The van der Waals surface area contributed by atoms with Crippen molar-refractivity contribution in [2.75, 3.05) is 26.0 Å². The predicted molar refractivity (Wildman–Crippen MR) is 112 cm³/mol. The summed E-state index contributed by atoms with van der Waals surface area (Å²) >= 11 is 2.22. The first kappa shape index (κ1) is 19.6. The Balaban J connectivity index is 1.51. The van der Waals surface area contributed by atoms with E-state index in [9.17, 15) is 13.2 Å². The largest absolute Gasteiger partial charge is 0.497 e. The highest BCUT2D eigenvalue weighted by molar-refractivity contribution is 7.89. The molecule has 12 heteroatoms. The Kier molecular flexibility index (Phi) is 5.17. The van der Waals surface area contributed by atoms with Gasteiger partial charge in [-0.3, -0.25) is 4.79 Å². The smallest absolute Gasteiger partial charge is 0.245 e. The van der Waals surface area contributed by atoms with Crippen LogP contribution in [0.5, 0.6) is 5.75 Å². The Morgan fingerprint density at radius 1 is 1.21 bits per heavy atom. The summed E-state index contributed by atoms with van der Waals surface area (Å²) in [7, 11) is -0.997. The fourth-order valence-corrected chi connectivity index (χ4v) is 5.47. The molecule has 0 atom stereocenters. The molecule has 4 aromatic rings. The fraction of sp³-hybridized carbons (Fsp3) is 0.176. The zero-order valence-electron chi connectivity index (χ0n) is 15.3. The molecule has 150 valence electrons. The fourth-order valence-electron chi connectivity index (χ4n) is 2.69. The zero-order valence-corrected chi connectivity index (χ0v) is 17.8. The molecular formula is C17H15N5O4S3. The third kappa shape index (κ3) is 3.79. The standard InChI is InChI=1S/C17H15N5O4S3/c1-22(29(24,25)14-5-3-4-12-16(14)21-28-20-12)9-15(23)19-17-18-11-7-6-10(26-2)8-13(11)27-17/h3-8H,9H2,1-2H3,(H,18,19,23). The number of carbonyl (C=O) groups is 1. The number of hydrogen-bond acceptors (Lipinski definition) is 9. The van der Waals surface area contributed by atoms with E-state index in [4.69, 9.17) is 4.74 Å². The highest BCUT2D eigenvalue weighted by Gasteiger charge is 2.26. The van der Waals surface area contributed by atoms with Crippen LogP contribution in [0.15, 0.2) is 41.3 Å². The Bertz CT molecular complexity index is 1320. The Labute approximate surface area is 174 Å². The van der Waals surface area contributed by atoms with E-state index in [2.05, 4.69) is 19.0 Å². The number of anilines is 1. The van der Waals surface area contributed by atoms with Gasteiger partial charge in [-0.1, -0.05) is 17.4 Å². The highest BCUT2D eigenvalue weighted by atomic mass is 32.2. The van der Waals surface area contributed by atoms with Crippen LogP contribution in [0.1, 0.15) is 0 Å². The van der Waals surface area contributed by atoms with E-state index < -0.39 is 15.9 Å². The number of rotatable bonds is 6. The first-order chi connectivity index (χ1) is 13.9. The predicted octanol–water partition coefficient (Wildman–Crippen LogP) is 2.57. The number of sulfonamides is 1. The average Bonchev–Trinajstić information content (AvgIpc) is 3.32. The van der Waals surface area contributed by atoms with Crippen molar-refractivity contribution in [3.63, 3.8) is 0 Å². The minimum atomic E-state index is -3.91. The number of ether oxygens (including phenoxy) is 1. The van der Waals surface area contributed by atoms with E-state index in [1.807, 2.05) is 6.07 Å². The number of carbonyl (C=O) groups excluding carboxylic acids is 1. The van der Waals surface area contributed by atoms with E-state index in [1.54, 1.807) is 31.4 Å². The van der Waals surface area contributed by atoms with Crippen LogP contribution >= 0.6 is 23.1 Å². The van der Waals surface area contributed by atoms with Crippen LogP contribution in [0.4, 0.5) is 5.13 Å². The maximum Gasteiger partial charge on any atom is 0.245 e. The number of amides is 1. The van der Waals surface area contributed by atoms with Gasteiger partial charge in [0.05, 0.1) is 35.6 Å². The van der Waals surface area contributed by atoms with Gasteiger partial charge in [0.25, 0.3) is 0 Å². The normalized spacial score (nSPS) is 12.0. The summed E-state index contributed by atoms with van der Waals surface area (Å²) in [5, 5.41) is 3.04. The van der Waals surface area contributed by atoms with Gasteiger partial charge in [-0.2, -0.15) is 13.1 Å². The monoisotopic (exact) mass is 449 g/mol. The Morgan fingerprint density at radius 2 is 2.03 bits per heavy atom. The van der Waals surface area contributed by atoms with Crippen LogP contribution < -0.4 is 10.1 Å². The number of benzene rings is 2. The van der Waals surface area contributed by atoms with Gasteiger partial charge < -0.3 is 10.1 Å². The van der Waals surface area contributed by atoms with Crippen molar-refractivity contribution in [1.29, 1.82) is 0 Å². The molecule has 29 heavy (non-hydrogen) atoms. The maximum absolute atomic E-state index is 12.9. The number of methoxy groups -OCH3 is 1. The molecule has 0 saturated heterocycles. The Morgan fingerprint density at radius 3 is 2.83 bits per heavy atom. The van der Waals surface area contributed by atoms with Crippen LogP contribution in [0.2, 0.25) is 0 Å². The SMILES string of the molecule is COc1ccc2nc(NC(=O)CN(C)S(=O)(=O)c3cccc4nsnc34)sc2c1. The molecule has 2 aromatic carbocycles. The first-order valence-corrected chi connectivity index (χ1v) is 11.3. The molecule has 0 aliphatic carbocycles. The van der Waals surface area contributed by atoms with Crippen molar-refractivity contribution >= 4 is 65.4 Å². The molecule has 2 aromatic heterocycles. The third-order valence-electron chi connectivity index (χ3n) is 4.15. The number of nitrogens with zero attached hydrogens (tertiary/aromatic N) is 4. The Hall–Kier alpha value is -2.67. The minimum Gasteiger partial charge on any atom is -0.497 e. The zero-order chi connectivity index (χ0) is 20.6. The number of fused-ring (bicyclic) bond motifs is 2. The van der Waals surface area contributed by atoms with Crippen molar-refractivity contribution in [2.24, 2.45) is 0 Å². The second-order valence-corrected chi connectivity index (χ2v) is 9.62. The third-order valence-corrected chi connectivity index (χ3v) is 7.46. The summed E-state index contributed by atoms with van der Waals surface area (Å²) in [4.78, 5) is 16.8. The van der Waals surface area contributed by atoms with Crippen molar-refractivity contribution in [2.45, 2.75) is 4.90 Å². The van der Waals surface area contributed by atoms with E-state index >= 15 is 0 Å². The molecule has 1 N–H and O–H groups in total. The molecule has 0 saturated carbocycles. The molecule has 0 aliphatic heterocycles. The van der Waals surface area contributed by atoms with Crippen LogP contribution in [-0.4, -0.2) is 53.1 Å². The molecule has 0 aliphatic rings.